The Morgan fingerprint density at radius 3 is 1.77 bits per heavy atom. The lowest BCUT2D eigenvalue weighted by molar-refractivity contribution is -0.145. The van der Waals surface area contributed by atoms with Gasteiger partial charge in [-0.05, 0) is 39.4 Å². The molecule has 0 aliphatic rings. The summed E-state index contributed by atoms with van der Waals surface area (Å²) in [6.07, 6.45) is 11.0. The average Bonchev–Trinajstić information content (AvgIpc) is 2.37. The zero-order chi connectivity index (χ0) is 17.1. The number of carbonyl (C=O) groups excluding carboxylic acids is 1. The highest BCUT2D eigenvalue weighted by atomic mass is 79.9. The normalized spacial score (nSPS) is 12.5. The maximum Gasteiger partial charge on any atom is 0.322 e. The summed E-state index contributed by atoms with van der Waals surface area (Å²) in [5, 5.41) is 0. The number of alkyl halides is 1. The van der Waals surface area contributed by atoms with Crippen LogP contribution in [0.25, 0.3) is 0 Å². The fourth-order valence-electron chi connectivity index (χ4n) is 2.23. The Morgan fingerprint density at radius 2 is 1.36 bits per heavy atom. The summed E-state index contributed by atoms with van der Waals surface area (Å²) in [5.74, 6) is -0.179. The molecule has 5 heteroatoms. The number of hydrogen-bond donors (Lipinski definition) is 1. The van der Waals surface area contributed by atoms with Crippen LogP contribution < -0.4 is 0 Å². The first-order chi connectivity index (χ1) is 10.1. The van der Waals surface area contributed by atoms with Crippen molar-refractivity contribution in [1.82, 2.24) is 0 Å². The third kappa shape index (κ3) is 15.0. The summed E-state index contributed by atoms with van der Waals surface area (Å²) in [6.45, 7) is 8.18. The molecule has 0 saturated heterocycles. The fraction of sp³-hybridized carbons (Fsp3) is 0.941. The Kier molecular flexibility index (Phi) is 11.7. The summed E-state index contributed by atoms with van der Waals surface area (Å²) in [4.78, 5) is 21.2. The Hall–Kier alpha value is 0.127. The minimum Gasteiger partial charge on any atom is -0.465 e. The van der Waals surface area contributed by atoms with Crippen LogP contribution in [0.5, 0.6) is 0 Å². The van der Waals surface area contributed by atoms with E-state index in [0.29, 0.717) is 6.61 Å². The minimum absolute atomic E-state index is 0.179. The molecule has 3 nitrogen and oxygen atoms in total. The first-order valence-corrected chi connectivity index (χ1v) is 12.7. The van der Waals surface area contributed by atoms with Crippen molar-refractivity contribution >= 4 is 30.2 Å². The second kappa shape index (κ2) is 11.6. The van der Waals surface area contributed by atoms with E-state index in [4.69, 9.17) is 4.74 Å². The van der Waals surface area contributed by atoms with Crippen LogP contribution in [-0.2, 0) is 9.53 Å². The Bertz CT molecular complexity index is 295. The van der Waals surface area contributed by atoms with E-state index in [2.05, 4.69) is 15.9 Å². The first kappa shape index (κ1) is 22.1. The molecule has 22 heavy (non-hydrogen) atoms. The lowest BCUT2D eigenvalue weighted by Gasteiger charge is -2.14. The predicted molar refractivity (Wildman–Crippen MR) is 100 cm³/mol. The van der Waals surface area contributed by atoms with Gasteiger partial charge in [0, 0.05) is 0 Å². The predicted octanol–water partition coefficient (Wildman–Crippen LogP) is 5.41. The molecule has 0 fully saturated rings. The molecule has 0 saturated carbocycles. The topological polar surface area (TPSA) is 46.5 Å². The number of halogens is 1. The maximum atomic E-state index is 11.5. The van der Waals surface area contributed by atoms with Crippen molar-refractivity contribution in [2.24, 2.45) is 0 Å². The number of hydrogen-bond acceptors (Lipinski definition) is 3. The Morgan fingerprint density at radius 1 is 0.955 bits per heavy atom. The Labute approximate surface area is 146 Å². The molecule has 0 aliphatic heterocycles. The van der Waals surface area contributed by atoms with Crippen LogP contribution in [0.1, 0.15) is 71.6 Å². The van der Waals surface area contributed by atoms with Crippen LogP contribution in [0.4, 0.5) is 0 Å². The van der Waals surface area contributed by atoms with Gasteiger partial charge in [0.05, 0.1) is 6.61 Å². The van der Waals surface area contributed by atoms with E-state index in [1.807, 2.05) is 13.1 Å². The van der Waals surface area contributed by atoms with Crippen molar-refractivity contribution in [1.29, 1.82) is 0 Å². The van der Waals surface area contributed by atoms with Crippen molar-refractivity contribution in [2.45, 2.75) is 95.1 Å². The monoisotopic (exact) mass is 394 g/mol. The molecular weight excluding hydrogens is 360 g/mol. The largest absolute Gasteiger partial charge is 0.465 e. The SMILES string of the molecule is CC(C)(Br)C(=O)OCCCCCCCCCCC[Si](C)(C)O. The van der Waals surface area contributed by atoms with Crippen molar-refractivity contribution in [3.63, 3.8) is 0 Å². The average molecular weight is 395 g/mol. The molecule has 0 heterocycles. The number of esters is 1. The molecule has 0 aromatic carbocycles. The van der Waals surface area contributed by atoms with Gasteiger partial charge in [0.1, 0.15) is 4.32 Å². The number of ether oxygens (including phenoxy) is 1. The van der Waals surface area contributed by atoms with Crippen molar-refractivity contribution in [3.05, 3.63) is 0 Å². The summed E-state index contributed by atoms with van der Waals surface area (Å²) in [6, 6.07) is 1.04. The van der Waals surface area contributed by atoms with Gasteiger partial charge in [-0.1, -0.05) is 67.3 Å². The second-order valence-corrected chi connectivity index (χ2v) is 13.5. The quantitative estimate of drug-likeness (QED) is 0.196. The van der Waals surface area contributed by atoms with E-state index in [9.17, 15) is 9.59 Å². The lowest BCUT2D eigenvalue weighted by atomic mass is 10.1. The van der Waals surface area contributed by atoms with Crippen LogP contribution in [0.3, 0.4) is 0 Å². The van der Waals surface area contributed by atoms with Crippen LogP contribution in [0.2, 0.25) is 19.1 Å². The third-order valence-corrected chi connectivity index (χ3v) is 5.55. The molecule has 132 valence electrons. The summed E-state index contributed by atoms with van der Waals surface area (Å²) >= 11 is 3.30. The van der Waals surface area contributed by atoms with Gasteiger partial charge in [-0.15, -0.1) is 0 Å². The van der Waals surface area contributed by atoms with Gasteiger partial charge in [0.15, 0.2) is 8.32 Å². The van der Waals surface area contributed by atoms with Gasteiger partial charge in [-0.25, -0.2) is 0 Å². The highest BCUT2D eigenvalue weighted by Crippen LogP contribution is 2.18. The molecule has 0 amide bonds. The van der Waals surface area contributed by atoms with Crippen LogP contribution in [-0.4, -0.2) is 30.0 Å². The van der Waals surface area contributed by atoms with E-state index < -0.39 is 12.6 Å². The van der Waals surface area contributed by atoms with Gasteiger partial charge in [-0.2, -0.15) is 0 Å². The zero-order valence-corrected chi connectivity index (χ0v) is 17.5. The maximum absolute atomic E-state index is 11.5. The summed E-state index contributed by atoms with van der Waals surface area (Å²) in [5.41, 5.74) is 0. The van der Waals surface area contributed by atoms with Gasteiger partial charge in [-0.3, -0.25) is 4.79 Å². The van der Waals surface area contributed by atoms with Crippen LogP contribution in [0, 0.1) is 0 Å². The highest BCUT2D eigenvalue weighted by Gasteiger charge is 2.24. The van der Waals surface area contributed by atoms with E-state index in [-0.39, 0.29) is 5.97 Å². The lowest BCUT2D eigenvalue weighted by Crippen LogP contribution is -2.26. The van der Waals surface area contributed by atoms with Crippen LogP contribution in [0.15, 0.2) is 0 Å². The Balaban J connectivity index is 3.23. The molecule has 0 radical (unpaired) electrons. The van der Waals surface area contributed by atoms with E-state index in [1.54, 1.807) is 13.8 Å². The molecule has 0 spiro atoms. The number of unbranched alkanes of at least 4 members (excludes halogenated alkanes) is 8. The van der Waals surface area contributed by atoms with Crippen molar-refractivity contribution in [3.8, 4) is 0 Å². The molecule has 0 bridgehead atoms. The number of rotatable bonds is 13. The van der Waals surface area contributed by atoms with Gasteiger partial charge >= 0.3 is 5.97 Å². The molecule has 0 atom stereocenters. The molecular formula is C17H35BrO3Si. The van der Waals surface area contributed by atoms with Gasteiger partial charge in [0.25, 0.3) is 0 Å². The summed E-state index contributed by atoms with van der Waals surface area (Å²) < 4.78 is 4.63. The van der Waals surface area contributed by atoms with E-state index >= 15 is 0 Å². The van der Waals surface area contributed by atoms with Crippen molar-refractivity contribution in [2.75, 3.05) is 6.61 Å². The molecule has 0 aromatic rings. The first-order valence-electron chi connectivity index (χ1n) is 8.71. The summed E-state index contributed by atoms with van der Waals surface area (Å²) in [7, 11) is -1.81. The smallest absolute Gasteiger partial charge is 0.322 e. The fourth-order valence-corrected chi connectivity index (χ4v) is 3.46. The van der Waals surface area contributed by atoms with Crippen molar-refractivity contribution < 1.29 is 14.3 Å². The number of carbonyl (C=O) groups is 1. The molecule has 0 unspecified atom stereocenters. The molecule has 0 aliphatic carbocycles. The zero-order valence-electron chi connectivity index (χ0n) is 14.9. The van der Waals surface area contributed by atoms with Gasteiger partial charge < -0.3 is 9.53 Å². The van der Waals surface area contributed by atoms with E-state index in [1.165, 1.54) is 44.9 Å². The molecule has 0 rings (SSSR count). The minimum atomic E-state index is -1.81. The van der Waals surface area contributed by atoms with E-state index in [0.717, 1.165) is 18.9 Å². The van der Waals surface area contributed by atoms with Crippen LogP contribution >= 0.6 is 15.9 Å². The molecule has 1 N–H and O–H groups in total. The third-order valence-electron chi connectivity index (χ3n) is 3.65. The second-order valence-electron chi connectivity index (χ2n) is 7.35. The van der Waals surface area contributed by atoms with Gasteiger partial charge in [0.2, 0.25) is 0 Å². The standard InChI is InChI=1S/C17H35BrO3Si/c1-17(2,18)16(19)21-14-12-10-8-6-5-7-9-11-13-15-22(3,4)20/h20H,5-15H2,1-4H3. The molecule has 0 aromatic heterocycles. The highest BCUT2D eigenvalue weighted by molar-refractivity contribution is 9.10.